The summed E-state index contributed by atoms with van der Waals surface area (Å²) >= 11 is 0. The standard InChI is InChI=1S/C13H15N3O/c1-11-2-4-12(5-3-11)13(15-17)6-8-16-9-7-14-10-16/h2-5,7,9-10,17H,6,8H2,1H3/b15-13-. The second kappa shape index (κ2) is 5.30. The fourth-order valence-corrected chi connectivity index (χ4v) is 1.65. The topological polar surface area (TPSA) is 50.4 Å². The van der Waals surface area contributed by atoms with E-state index in [4.69, 9.17) is 5.21 Å². The average Bonchev–Trinajstić information content (AvgIpc) is 2.85. The monoisotopic (exact) mass is 229 g/mol. The third kappa shape index (κ3) is 2.93. The Kier molecular flexibility index (Phi) is 3.55. The quantitative estimate of drug-likeness (QED) is 0.497. The highest BCUT2D eigenvalue weighted by atomic mass is 16.4. The Bertz CT molecular complexity index is 486. The van der Waals surface area contributed by atoms with Gasteiger partial charge in [0.05, 0.1) is 12.0 Å². The van der Waals surface area contributed by atoms with Crippen molar-refractivity contribution in [1.82, 2.24) is 9.55 Å². The van der Waals surface area contributed by atoms with Gasteiger partial charge in [-0.25, -0.2) is 4.98 Å². The second-order valence-electron chi connectivity index (χ2n) is 3.96. The Morgan fingerprint density at radius 2 is 2.12 bits per heavy atom. The summed E-state index contributed by atoms with van der Waals surface area (Å²) in [5.74, 6) is 0. The Morgan fingerprint density at radius 1 is 1.35 bits per heavy atom. The average molecular weight is 229 g/mol. The number of aryl methyl sites for hydroxylation is 2. The first-order valence-corrected chi connectivity index (χ1v) is 5.53. The lowest BCUT2D eigenvalue weighted by Crippen LogP contribution is -2.06. The van der Waals surface area contributed by atoms with Gasteiger partial charge in [-0.05, 0) is 12.5 Å². The van der Waals surface area contributed by atoms with Gasteiger partial charge in [0.2, 0.25) is 0 Å². The molecule has 88 valence electrons. The molecule has 17 heavy (non-hydrogen) atoms. The number of benzene rings is 1. The third-order valence-corrected chi connectivity index (χ3v) is 2.67. The van der Waals surface area contributed by atoms with E-state index in [1.54, 1.807) is 12.5 Å². The maximum Gasteiger partial charge on any atom is 0.0946 e. The van der Waals surface area contributed by atoms with E-state index in [1.807, 2.05) is 42.0 Å². The molecule has 4 nitrogen and oxygen atoms in total. The molecule has 2 rings (SSSR count). The summed E-state index contributed by atoms with van der Waals surface area (Å²) in [4.78, 5) is 3.97. The van der Waals surface area contributed by atoms with Crippen molar-refractivity contribution in [1.29, 1.82) is 0 Å². The molecular formula is C13H15N3O. The molecule has 0 bridgehead atoms. The molecule has 0 radical (unpaired) electrons. The first-order valence-electron chi connectivity index (χ1n) is 5.53. The van der Waals surface area contributed by atoms with Crippen molar-refractivity contribution in [3.05, 3.63) is 54.1 Å². The zero-order chi connectivity index (χ0) is 12.1. The number of imidazole rings is 1. The van der Waals surface area contributed by atoms with Crippen LogP contribution in [0.25, 0.3) is 0 Å². The van der Waals surface area contributed by atoms with E-state index in [0.29, 0.717) is 12.1 Å². The van der Waals surface area contributed by atoms with Crippen LogP contribution < -0.4 is 0 Å². The minimum atomic E-state index is 0.677. The van der Waals surface area contributed by atoms with Crippen LogP contribution in [0.3, 0.4) is 0 Å². The van der Waals surface area contributed by atoms with Crippen molar-refractivity contribution in [2.75, 3.05) is 0 Å². The van der Waals surface area contributed by atoms with Gasteiger partial charge in [-0.2, -0.15) is 0 Å². The van der Waals surface area contributed by atoms with Crippen LogP contribution in [0.5, 0.6) is 0 Å². The molecule has 1 aromatic carbocycles. The van der Waals surface area contributed by atoms with E-state index < -0.39 is 0 Å². The smallest absolute Gasteiger partial charge is 0.0946 e. The lowest BCUT2D eigenvalue weighted by Gasteiger charge is -2.05. The van der Waals surface area contributed by atoms with E-state index in [1.165, 1.54) is 5.56 Å². The van der Waals surface area contributed by atoms with E-state index in [2.05, 4.69) is 10.1 Å². The van der Waals surface area contributed by atoms with E-state index in [9.17, 15) is 0 Å². The largest absolute Gasteiger partial charge is 0.411 e. The maximum atomic E-state index is 9.04. The first-order chi connectivity index (χ1) is 8.29. The van der Waals surface area contributed by atoms with Crippen LogP contribution in [0.15, 0.2) is 48.1 Å². The van der Waals surface area contributed by atoms with Gasteiger partial charge in [0, 0.05) is 25.4 Å². The Labute approximate surface area is 100 Å². The zero-order valence-electron chi connectivity index (χ0n) is 9.74. The predicted octanol–water partition coefficient (Wildman–Crippen LogP) is 2.46. The molecule has 0 amide bonds. The summed E-state index contributed by atoms with van der Waals surface area (Å²) < 4.78 is 1.96. The SMILES string of the molecule is Cc1ccc(/C(CCn2ccnc2)=N\O)cc1. The molecule has 0 saturated carbocycles. The molecule has 4 heteroatoms. The highest BCUT2D eigenvalue weighted by Gasteiger charge is 2.04. The van der Waals surface area contributed by atoms with E-state index in [0.717, 1.165) is 12.1 Å². The van der Waals surface area contributed by atoms with Gasteiger partial charge >= 0.3 is 0 Å². The van der Waals surface area contributed by atoms with Crippen LogP contribution in [0.2, 0.25) is 0 Å². The fraction of sp³-hybridized carbons (Fsp3) is 0.231. The molecule has 0 fully saturated rings. The molecule has 1 N–H and O–H groups in total. The summed E-state index contributed by atoms with van der Waals surface area (Å²) in [5, 5.41) is 12.4. The van der Waals surface area contributed by atoms with Crippen LogP contribution in [-0.2, 0) is 6.54 Å². The number of hydrogen-bond donors (Lipinski definition) is 1. The number of aromatic nitrogens is 2. The fourth-order valence-electron chi connectivity index (χ4n) is 1.65. The normalized spacial score (nSPS) is 11.7. The van der Waals surface area contributed by atoms with Crippen LogP contribution in [0, 0.1) is 6.92 Å². The minimum Gasteiger partial charge on any atom is -0.411 e. The zero-order valence-corrected chi connectivity index (χ0v) is 9.74. The van der Waals surface area contributed by atoms with E-state index >= 15 is 0 Å². The van der Waals surface area contributed by atoms with Gasteiger partial charge in [0.15, 0.2) is 0 Å². The molecule has 2 aromatic rings. The lowest BCUT2D eigenvalue weighted by atomic mass is 10.1. The van der Waals surface area contributed by atoms with Crippen molar-refractivity contribution in [3.8, 4) is 0 Å². The number of oxime groups is 1. The van der Waals surface area contributed by atoms with Crippen molar-refractivity contribution in [2.45, 2.75) is 19.9 Å². The summed E-state index contributed by atoms with van der Waals surface area (Å²) in [6, 6.07) is 7.96. The molecule has 0 aliphatic heterocycles. The summed E-state index contributed by atoms with van der Waals surface area (Å²) in [7, 11) is 0. The molecule has 0 aliphatic carbocycles. The highest BCUT2D eigenvalue weighted by Crippen LogP contribution is 2.08. The van der Waals surface area contributed by atoms with Gasteiger partial charge in [-0.15, -0.1) is 0 Å². The number of nitrogens with zero attached hydrogens (tertiary/aromatic N) is 3. The van der Waals surface area contributed by atoms with Crippen molar-refractivity contribution in [3.63, 3.8) is 0 Å². The van der Waals surface area contributed by atoms with Crippen LogP contribution in [0.4, 0.5) is 0 Å². The van der Waals surface area contributed by atoms with Gasteiger partial charge in [0.25, 0.3) is 0 Å². The van der Waals surface area contributed by atoms with Crippen molar-refractivity contribution >= 4 is 5.71 Å². The highest BCUT2D eigenvalue weighted by molar-refractivity contribution is 6.00. The van der Waals surface area contributed by atoms with Gasteiger partial charge in [-0.1, -0.05) is 35.0 Å². The Hall–Kier alpha value is -2.10. The molecule has 0 aliphatic rings. The number of rotatable bonds is 4. The minimum absolute atomic E-state index is 0.677. The van der Waals surface area contributed by atoms with Crippen LogP contribution >= 0.6 is 0 Å². The molecule has 0 spiro atoms. The maximum absolute atomic E-state index is 9.04. The summed E-state index contributed by atoms with van der Waals surface area (Å²) in [6.45, 7) is 2.79. The van der Waals surface area contributed by atoms with Crippen LogP contribution in [0.1, 0.15) is 17.5 Å². The Morgan fingerprint density at radius 3 is 2.71 bits per heavy atom. The van der Waals surface area contributed by atoms with Crippen molar-refractivity contribution < 1.29 is 5.21 Å². The third-order valence-electron chi connectivity index (χ3n) is 2.67. The molecule has 0 unspecified atom stereocenters. The van der Waals surface area contributed by atoms with E-state index in [-0.39, 0.29) is 0 Å². The second-order valence-corrected chi connectivity index (χ2v) is 3.96. The predicted molar refractivity (Wildman–Crippen MR) is 66.3 cm³/mol. The first kappa shape index (κ1) is 11.4. The lowest BCUT2D eigenvalue weighted by molar-refractivity contribution is 0.317. The summed E-state index contributed by atoms with van der Waals surface area (Å²) in [5.41, 5.74) is 2.84. The molecule has 0 saturated heterocycles. The number of hydrogen-bond acceptors (Lipinski definition) is 3. The van der Waals surface area contributed by atoms with Gasteiger partial charge < -0.3 is 9.77 Å². The van der Waals surface area contributed by atoms with Gasteiger partial charge in [0.1, 0.15) is 0 Å². The molecule has 0 atom stereocenters. The molecular weight excluding hydrogens is 214 g/mol. The molecule has 1 heterocycles. The Balaban J connectivity index is 2.05. The molecule has 1 aromatic heterocycles. The van der Waals surface area contributed by atoms with Gasteiger partial charge in [-0.3, -0.25) is 0 Å². The summed E-state index contributed by atoms with van der Waals surface area (Å²) in [6.07, 6.45) is 6.06. The van der Waals surface area contributed by atoms with Crippen LogP contribution in [-0.4, -0.2) is 20.5 Å². The van der Waals surface area contributed by atoms with Crippen molar-refractivity contribution in [2.24, 2.45) is 5.16 Å².